The molecule has 1 atom stereocenters. The van der Waals surface area contributed by atoms with Gasteiger partial charge in [0.1, 0.15) is 5.69 Å². The smallest absolute Gasteiger partial charge is 0.341 e. The van der Waals surface area contributed by atoms with Crippen LogP contribution in [0.4, 0.5) is 14.5 Å². The van der Waals surface area contributed by atoms with E-state index >= 15 is 0 Å². The van der Waals surface area contributed by atoms with Crippen molar-refractivity contribution in [2.45, 2.75) is 23.6 Å². The molecular weight excluding hydrogens is 362 g/mol. The van der Waals surface area contributed by atoms with Gasteiger partial charge in [-0.2, -0.15) is 8.78 Å². The maximum atomic E-state index is 12.6. The predicted molar refractivity (Wildman–Crippen MR) is 93.0 cm³/mol. The van der Waals surface area contributed by atoms with E-state index in [1.165, 1.54) is 12.1 Å². The zero-order valence-corrected chi connectivity index (χ0v) is 14.6. The molecule has 0 saturated heterocycles. The second-order valence-corrected chi connectivity index (χ2v) is 7.54. The minimum absolute atomic E-state index is 0.218. The molecule has 0 aliphatic rings. The number of nitrogens with one attached hydrogen (secondary N) is 1. The molecule has 3 rings (SSSR count). The lowest BCUT2D eigenvalue weighted by molar-refractivity contribution is 0.234. The lowest BCUT2D eigenvalue weighted by Crippen LogP contribution is -2.11. The number of hydrogen-bond donors (Lipinski definition) is 1. The van der Waals surface area contributed by atoms with Crippen molar-refractivity contribution in [3.8, 4) is 5.69 Å². The Bertz CT molecular complexity index is 974. The van der Waals surface area contributed by atoms with E-state index in [-0.39, 0.29) is 6.04 Å². The van der Waals surface area contributed by atoms with Gasteiger partial charge in [0.05, 0.1) is 22.8 Å². The second kappa shape index (κ2) is 7.20. The normalized spacial score (nSPS) is 12.9. The van der Waals surface area contributed by atoms with Gasteiger partial charge in [-0.3, -0.25) is 0 Å². The summed E-state index contributed by atoms with van der Waals surface area (Å²) in [4.78, 5) is -0.416. The monoisotopic (exact) mass is 378 g/mol. The van der Waals surface area contributed by atoms with Gasteiger partial charge in [0, 0.05) is 5.69 Å². The van der Waals surface area contributed by atoms with Crippen LogP contribution in [0.5, 0.6) is 0 Å². The van der Waals surface area contributed by atoms with E-state index in [1.807, 2.05) is 37.3 Å². The molecule has 1 N–H and O–H groups in total. The molecule has 136 valence electrons. The molecule has 0 aliphatic heterocycles. The Morgan fingerprint density at radius 1 is 1.04 bits per heavy atom. The lowest BCUT2D eigenvalue weighted by Gasteiger charge is -2.13. The van der Waals surface area contributed by atoms with E-state index in [0.29, 0.717) is 11.4 Å². The van der Waals surface area contributed by atoms with E-state index < -0.39 is 20.5 Å². The van der Waals surface area contributed by atoms with Crippen LogP contribution in [0.3, 0.4) is 0 Å². The average Bonchev–Trinajstić information content (AvgIpc) is 3.13. The number of alkyl halides is 2. The van der Waals surface area contributed by atoms with Gasteiger partial charge < -0.3 is 5.32 Å². The number of benzene rings is 2. The lowest BCUT2D eigenvalue weighted by atomic mass is 10.2. The van der Waals surface area contributed by atoms with E-state index in [4.69, 9.17) is 0 Å². The Labute approximate surface area is 149 Å². The standard InChI is InChI=1S/C17H16F2N4O2S/c1-12(16-11-23(22-21-16)14-5-3-2-4-6-14)20-13-7-9-15(10-8-13)26(24,25)17(18)19/h2-12,17,20H,1H3. The summed E-state index contributed by atoms with van der Waals surface area (Å²) in [6, 6.07) is 14.5. The third kappa shape index (κ3) is 3.72. The van der Waals surface area contributed by atoms with Gasteiger partial charge in [-0.15, -0.1) is 5.10 Å². The zero-order chi connectivity index (χ0) is 18.7. The van der Waals surface area contributed by atoms with Crippen LogP contribution in [0.25, 0.3) is 5.69 Å². The quantitative estimate of drug-likeness (QED) is 0.711. The first-order chi connectivity index (χ1) is 12.4. The number of para-hydroxylation sites is 1. The van der Waals surface area contributed by atoms with Crippen LogP contribution in [-0.2, 0) is 9.84 Å². The summed E-state index contributed by atoms with van der Waals surface area (Å²) in [5.74, 6) is -3.44. The molecule has 1 unspecified atom stereocenters. The van der Waals surface area contributed by atoms with Crippen molar-refractivity contribution >= 4 is 15.5 Å². The number of nitrogens with zero attached hydrogens (tertiary/aromatic N) is 3. The third-order valence-electron chi connectivity index (χ3n) is 3.78. The van der Waals surface area contributed by atoms with Crippen LogP contribution >= 0.6 is 0 Å². The molecule has 2 aromatic carbocycles. The maximum Gasteiger partial charge on any atom is 0.341 e. The van der Waals surface area contributed by atoms with Crippen LogP contribution in [0, 0.1) is 0 Å². The highest BCUT2D eigenvalue weighted by Crippen LogP contribution is 2.23. The Hall–Kier alpha value is -2.81. The summed E-state index contributed by atoms with van der Waals surface area (Å²) in [6.07, 6.45) is 1.78. The molecule has 1 heterocycles. The molecule has 9 heteroatoms. The van der Waals surface area contributed by atoms with Crippen molar-refractivity contribution in [3.05, 3.63) is 66.5 Å². The van der Waals surface area contributed by atoms with Gasteiger partial charge >= 0.3 is 5.76 Å². The fraction of sp³-hybridized carbons (Fsp3) is 0.176. The molecule has 0 radical (unpaired) electrons. The zero-order valence-electron chi connectivity index (χ0n) is 13.8. The number of hydrogen-bond acceptors (Lipinski definition) is 5. The molecule has 1 aromatic heterocycles. The van der Waals surface area contributed by atoms with Crippen LogP contribution < -0.4 is 5.32 Å². The number of aromatic nitrogens is 3. The summed E-state index contributed by atoms with van der Waals surface area (Å²) < 4.78 is 49.6. The molecule has 0 amide bonds. The third-order valence-corrected chi connectivity index (χ3v) is 5.17. The number of rotatable bonds is 6. The van der Waals surface area contributed by atoms with Crippen molar-refractivity contribution in [2.24, 2.45) is 0 Å². The number of halogens is 2. The molecule has 0 aliphatic carbocycles. The summed E-state index contributed by atoms with van der Waals surface area (Å²) >= 11 is 0. The molecule has 26 heavy (non-hydrogen) atoms. The van der Waals surface area contributed by atoms with Crippen molar-refractivity contribution in [3.63, 3.8) is 0 Å². The Balaban J connectivity index is 1.73. The van der Waals surface area contributed by atoms with Gasteiger partial charge in [-0.25, -0.2) is 13.1 Å². The first-order valence-corrected chi connectivity index (χ1v) is 9.29. The topological polar surface area (TPSA) is 76.9 Å². The molecule has 6 nitrogen and oxygen atoms in total. The fourth-order valence-electron chi connectivity index (χ4n) is 2.35. The van der Waals surface area contributed by atoms with Crippen molar-refractivity contribution < 1.29 is 17.2 Å². The van der Waals surface area contributed by atoms with Gasteiger partial charge in [0.15, 0.2) is 0 Å². The average molecular weight is 378 g/mol. The number of anilines is 1. The number of sulfone groups is 1. The molecule has 0 spiro atoms. The summed E-state index contributed by atoms with van der Waals surface area (Å²) in [5.41, 5.74) is 2.14. The molecule has 0 bridgehead atoms. The highest BCUT2D eigenvalue weighted by atomic mass is 32.2. The molecule has 0 fully saturated rings. The minimum atomic E-state index is -4.59. The van der Waals surface area contributed by atoms with Crippen LogP contribution in [-0.4, -0.2) is 29.2 Å². The van der Waals surface area contributed by atoms with E-state index in [1.54, 1.807) is 10.9 Å². The maximum absolute atomic E-state index is 12.6. The van der Waals surface area contributed by atoms with E-state index in [0.717, 1.165) is 17.8 Å². The molecule has 0 saturated carbocycles. The van der Waals surface area contributed by atoms with E-state index in [2.05, 4.69) is 15.6 Å². The van der Waals surface area contributed by atoms with Crippen LogP contribution in [0.2, 0.25) is 0 Å². The van der Waals surface area contributed by atoms with E-state index in [9.17, 15) is 17.2 Å². The molecule has 3 aromatic rings. The SMILES string of the molecule is CC(Nc1ccc(S(=O)(=O)C(F)F)cc1)c1cn(-c2ccccc2)nn1. The van der Waals surface area contributed by atoms with Crippen molar-refractivity contribution in [1.82, 2.24) is 15.0 Å². The largest absolute Gasteiger partial charge is 0.377 e. The molecular formula is C17H16F2N4O2S. The van der Waals surface area contributed by atoms with Crippen LogP contribution in [0.15, 0.2) is 65.7 Å². The van der Waals surface area contributed by atoms with Gasteiger partial charge in [0.2, 0.25) is 9.84 Å². The first-order valence-electron chi connectivity index (χ1n) is 7.74. The summed E-state index contributed by atoms with van der Waals surface area (Å²) in [5, 5.41) is 11.3. The van der Waals surface area contributed by atoms with Gasteiger partial charge in [-0.1, -0.05) is 23.4 Å². The fourth-order valence-corrected chi connectivity index (χ4v) is 3.07. The van der Waals surface area contributed by atoms with Crippen molar-refractivity contribution in [2.75, 3.05) is 5.32 Å². The Kier molecular flexibility index (Phi) is 4.99. The highest BCUT2D eigenvalue weighted by molar-refractivity contribution is 7.91. The summed E-state index contributed by atoms with van der Waals surface area (Å²) in [7, 11) is -4.59. The van der Waals surface area contributed by atoms with Gasteiger partial charge in [-0.05, 0) is 43.3 Å². The second-order valence-electron chi connectivity index (χ2n) is 5.62. The van der Waals surface area contributed by atoms with Crippen LogP contribution in [0.1, 0.15) is 18.7 Å². The predicted octanol–water partition coefficient (Wildman–Crippen LogP) is 3.44. The highest BCUT2D eigenvalue weighted by Gasteiger charge is 2.26. The minimum Gasteiger partial charge on any atom is -0.377 e. The first kappa shape index (κ1) is 18.0. The Morgan fingerprint density at radius 2 is 1.69 bits per heavy atom. The van der Waals surface area contributed by atoms with Crippen molar-refractivity contribution in [1.29, 1.82) is 0 Å². The van der Waals surface area contributed by atoms with Gasteiger partial charge in [0.25, 0.3) is 0 Å². The Morgan fingerprint density at radius 3 is 2.31 bits per heavy atom. The summed E-state index contributed by atoms with van der Waals surface area (Å²) in [6.45, 7) is 1.86.